The van der Waals surface area contributed by atoms with E-state index in [-0.39, 0.29) is 5.25 Å². The van der Waals surface area contributed by atoms with Crippen LogP contribution in [-0.4, -0.2) is 35.2 Å². The summed E-state index contributed by atoms with van der Waals surface area (Å²) < 4.78 is 32.4. The minimum atomic E-state index is -3.02. The Morgan fingerprint density at radius 3 is 2.29 bits per heavy atom. The monoisotopic (exact) mass is 260 g/mol. The highest BCUT2D eigenvalue weighted by atomic mass is 32.7. The van der Waals surface area contributed by atoms with E-state index in [2.05, 4.69) is 0 Å². The highest BCUT2D eigenvalue weighted by Crippen LogP contribution is 2.61. The Balaban J connectivity index is 4.10. The highest BCUT2D eigenvalue weighted by Gasteiger charge is 2.26. The predicted molar refractivity (Wildman–Crippen MR) is 62.2 cm³/mol. The third-order valence-electron chi connectivity index (χ3n) is 1.50. The van der Waals surface area contributed by atoms with Crippen LogP contribution in [0.15, 0.2) is 0 Å². The van der Waals surface area contributed by atoms with E-state index in [0.29, 0.717) is 11.5 Å². The normalized spacial score (nSPS) is 16.6. The molecule has 14 heavy (non-hydrogen) atoms. The SMILES string of the molecule is CC[S@](=O)CC(C)SP(=O)(OC)OC. The van der Waals surface area contributed by atoms with Gasteiger partial charge >= 0.3 is 6.80 Å². The smallest absolute Gasteiger partial charge is 0.304 e. The predicted octanol–water partition coefficient (Wildman–Crippen LogP) is 2.28. The van der Waals surface area contributed by atoms with Gasteiger partial charge in [0.25, 0.3) is 0 Å². The van der Waals surface area contributed by atoms with Gasteiger partial charge in [0.05, 0.1) is 0 Å². The molecule has 0 heterocycles. The third-order valence-corrected chi connectivity index (χ3v) is 7.65. The van der Waals surface area contributed by atoms with Crippen molar-refractivity contribution in [2.75, 3.05) is 25.7 Å². The molecule has 0 bridgehead atoms. The maximum Gasteiger partial charge on any atom is 0.388 e. The molecular formula is C7H17O4PS2. The Morgan fingerprint density at radius 2 is 1.93 bits per heavy atom. The molecule has 0 aromatic heterocycles. The van der Waals surface area contributed by atoms with Gasteiger partial charge in [-0.3, -0.25) is 4.21 Å². The molecule has 4 nitrogen and oxygen atoms in total. The minimum Gasteiger partial charge on any atom is -0.304 e. The lowest BCUT2D eigenvalue weighted by Gasteiger charge is -2.16. The summed E-state index contributed by atoms with van der Waals surface area (Å²) in [6.45, 7) is 0.703. The van der Waals surface area contributed by atoms with Crippen molar-refractivity contribution in [1.82, 2.24) is 0 Å². The van der Waals surface area contributed by atoms with Gasteiger partial charge in [0.2, 0.25) is 0 Å². The molecule has 0 aliphatic carbocycles. The van der Waals surface area contributed by atoms with E-state index in [1.54, 1.807) is 0 Å². The third kappa shape index (κ3) is 5.51. The van der Waals surface area contributed by atoms with Crippen LogP contribution in [0.3, 0.4) is 0 Å². The Labute approximate surface area is 91.9 Å². The first kappa shape index (κ1) is 14.6. The molecule has 0 saturated heterocycles. The first-order valence-corrected chi connectivity index (χ1v) is 8.73. The van der Waals surface area contributed by atoms with Gasteiger partial charge in [0.15, 0.2) is 0 Å². The molecule has 0 rings (SSSR count). The van der Waals surface area contributed by atoms with Gasteiger partial charge in [-0.1, -0.05) is 13.8 Å². The van der Waals surface area contributed by atoms with E-state index in [0.717, 1.165) is 11.4 Å². The summed E-state index contributed by atoms with van der Waals surface area (Å²) in [6.07, 6.45) is 0. The molecule has 1 unspecified atom stereocenters. The Kier molecular flexibility index (Phi) is 7.34. The van der Waals surface area contributed by atoms with Crippen molar-refractivity contribution < 1.29 is 17.8 Å². The number of hydrogen-bond donors (Lipinski definition) is 0. The molecule has 0 aromatic rings. The van der Waals surface area contributed by atoms with Gasteiger partial charge in [0, 0.05) is 41.8 Å². The van der Waals surface area contributed by atoms with Crippen LogP contribution in [0.25, 0.3) is 0 Å². The zero-order chi connectivity index (χ0) is 11.2. The summed E-state index contributed by atoms with van der Waals surface area (Å²) in [5, 5.41) is 0.00140. The van der Waals surface area contributed by atoms with Gasteiger partial charge in [-0.05, 0) is 11.4 Å². The zero-order valence-electron chi connectivity index (χ0n) is 8.89. The van der Waals surface area contributed by atoms with Gasteiger partial charge < -0.3 is 9.05 Å². The zero-order valence-corrected chi connectivity index (χ0v) is 11.4. The van der Waals surface area contributed by atoms with Gasteiger partial charge in [-0.15, -0.1) is 0 Å². The van der Waals surface area contributed by atoms with E-state index < -0.39 is 17.6 Å². The molecule has 0 aromatic carbocycles. The van der Waals surface area contributed by atoms with Crippen molar-refractivity contribution in [2.45, 2.75) is 19.1 Å². The van der Waals surface area contributed by atoms with Crippen molar-refractivity contribution in [3.05, 3.63) is 0 Å². The standard InChI is InChI=1S/C7H17O4PS2/c1-5-14(9)6-7(2)13-12(8,10-3)11-4/h7H,5-6H2,1-4H3/t7?,14-/m0/s1. The van der Waals surface area contributed by atoms with E-state index in [9.17, 15) is 8.77 Å². The second-order valence-electron chi connectivity index (χ2n) is 2.62. The fraction of sp³-hybridized carbons (Fsp3) is 1.00. The lowest BCUT2D eigenvalue weighted by Crippen LogP contribution is -2.11. The second kappa shape index (κ2) is 7.01. The van der Waals surface area contributed by atoms with Crippen molar-refractivity contribution in [3.8, 4) is 0 Å². The lowest BCUT2D eigenvalue weighted by atomic mass is 10.6. The van der Waals surface area contributed by atoms with Crippen LogP contribution >= 0.6 is 18.2 Å². The first-order chi connectivity index (χ1) is 6.47. The second-order valence-corrected chi connectivity index (χ2v) is 9.03. The van der Waals surface area contributed by atoms with Crippen LogP contribution < -0.4 is 0 Å². The van der Waals surface area contributed by atoms with Crippen LogP contribution in [0.4, 0.5) is 0 Å². The first-order valence-electron chi connectivity index (χ1n) is 4.22. The largest absolute Gasteiger partial charge is 0.388 e. The fourth-order valence-electron chi connectivity index (χ4n) is 0.791. The van der Waals surface area contributed by atoms with Crippen LogP contribution in [0.1, 0.15) is 13.8 Å². The van der Waals surface area contributed by atoms with Crippen LogP contribution in [0, 0.1) is 0 Å². The van der Waals surface area contributed by atoms with Crippen molar-refractivity contribution in [2.24, 2.45) is 0 Å². The minimum absolute atomic E-state index is 0.00140. The van der Waals surface area contributed by atoms with Gasteiger partial charge in [-0.2, -0.15) is 0 Å². The summed E-state index contributed by atoms with van der Waals surface area (Å²) >= 11 is 1.11. The summed E-state index contributed by atoms with van der Waals surface area (Å²) in [4.78, 5) is 0. The molecule has 0 saturated carbocycles. The molecule has 0 fully saturated rings. The quantitative estimate of drug-likeness (QED) is 0.657. The summed E-state index contributed by atoms with van der Waals surface area (Å²) in [5.41, 5.74) is 0. The molecule has 0 aliphatic rings. The molecule has 0 aliphatic heterocycles. The molecular weight excluding hydrogens is 243 g/mol. The molecule has 0 N–H and O–H groups in total. The van der Waals surface area contributed by atoms with Crippen LogP contribution in [-0.2, 0) is 24.4 Å². The Hall–Kier alpha value is 0.650. The van der Waals surface area contributed by atoms with E-state index in [4.69, 9.17) is 9.05 Å². The molecule has 7 heteroatoms. The fourth-order valence-corrected chi connectivity index (χ4v) is 5.40. The van der Waals surface area contributed by atoms with E-state index in [1.165, 1.54) is 14.2 Å². The molecule has 86 valence electrons. The van der Waals surface area contributed by atoms with Crippen LogP contribution in [0.2, 0.25) is 0 Å². The van der Waals surface area contributed by atoms with E-state index >= 15 is 0 Å². The summed E-state index contributed by atoms with van der Waals surface area (Å²) in [5.74, 6) is 1.13. The summed E-state index contributed by atoms with van der Waals surface area (Å²) in [6, 6.07) is 0. The lowest BCUT2D eigenvalue weighted by molar-refractivity contribution is 0.295. The maximum atomic E-state index is 11.7. The molecule has 2 atom stereocenters. The maximum absolute atomic E-state index is 11.7. The molecule has 0 spiro atoms. The van der Waals surface area contributed by atoms with Crippen LogP contribution in [0.5, 0.6) is 0 Å². The number of rotatable bonds is 7. The van der Waals surface area contributed by atoms with Crippen molar-refractivity contribution in [1.29, 1.82) is 0 Å². The van der Waals surface area contributed by atoms with Crippen molar-refractivity contribution >= 4 is 29.0 Å². The molecule has 0 radical (unpaired) electrons. The summed E-state index contributed by atoms with van der Waals surface area (Å²) in [7, 11) is 1.85. The average Bonchev–Trinajstić information content (AvgIpc) is 2.17. The topological polar surface area (TPSA) is 52.6 Å². The number of hydrogen-bond acceptors (Lipinski definition) is 5. The average molecular weight is 260 g/mol. The van der Waals surface area contributed by atoms with Gasteiger partial charge in [0.1, 0.15) is 0 Å². The molecule has 0 amide bonds. The highest BCUT2D eigenvalue weighted by molar-refractivity contribution is 8.55. The Morgan fingerprint density at radius 1 is 1.43 bits per heavy atom. The van der Waals surface area contributed by atoms with Gasteiger partial charge in [-0.25, -0.2) is 4.57 Å². The van der Waals surface area contributed by atoms with E-state index in [1.807, 2.05) is 13.8 Å². The Bertz CT molecular complexity index is 226. The van der Waals surface area contributed by atoms with Crippen molar-refractivity contribution in [3.63, 3.8) is 0 Å².